The first-order valence-corrected chi connectivity index (χ1v) is 16.7. The number of hydrogen-bond acceptors (Lipinski definition) is 8. The van der Waals surface area contributed by atoms with E-state index in [0.717, 1.165) is 26.4 Å². The van der Waals surface area contributed by atoms with Crippen LogP contribution in [0.15, 0.2) is 0 Å². The molecule has 4 fully saturated rings. The summed E-state index contributed by atoms with van der Waals surface area (Å²) in [6.45, 7) is 12.0. The maximum atomic E-state index is 6.32. The summed E-state index contributed by atoms with van der Waals surface area (Å²) in [5.41, 5.74) is 0.200. The Labute approximate surface area is 206 Å². The molecule has 4 aliphatic rings. The van der Waals surface area contributed by atoms with Gasteiger partial charge in [-0.2, -0.15) is 8.15 Å². The number of hydrogen-bond donors (Lipinski definition) is 0. The van der Waals surface area contributed by atoms with Gasteiger partial charge >= 0.3 is 0 Å². The molecule has 2 heterocycles. The van der Waals surface area contributed by atoms with E-state index < -0.39 is 17.1 Å². The van der Waals surface area contributed by atoms with Crippen molar-refractivity contribution < 1.29 is 18.1 Å². The zero-order valence-corrected chi connectivity index (χ0v) is 23.7. The molecule has 0 spiro atoms. The second-order valence-corrected chi connectivity index (χ2v) is 16.6. The maximum absolute atomic E-state index is 6.32. The Bertz CT molecular complexity index is 522. The van der Waals surface area contributed by atoms with Crippen LogP contribution in [0.25, 0.3) is 0 Å². The summed E-state index contributed by atoms with van der Waals surface area (Å²) in [5.74, 6) is 0. The van der Waals surface area contributed by atoms with Gasteiger partial charge in [0.2, 0.25) is 0 Å². The molecule has 10 heteroatoms. The van der Waals surface area contributed by atoms with Crippen molar-refractivity contribution in [2.75, 3.05) is 26.4 Å². The van der Waals surface area contributed by atoms with Gasteiger partial charge in [0.25, 0.3) is 17.1 Å². The minimum Gasteiger partial charge on any atom is -0.321 e. The summed E-state index contributed by atoms with van der Waals surface area (Å²) in [7, 11) is 1.64. The lowest BCUT2D eigenvalue weighted by atomic mass is 9.96. The van der Waals surface area contributed by atoms with Crippen LogP contribution < -0.4 is 0 Å². The van der Waals surface area contributed by atoms with Gasteiger partial charge in [-0.1, -0.05) is 66.2 Å². The van der Waals surface area contributed by atoms with Crippen LogP contribution >= 0.6 is 39.0 Å². The van der Waals surface area contributed by atoms with E-state index in [1.165, 1.54) is 64.2 Å². The highest BCUT2D eigenvalue weighted by molar-refractivity contribution is 8.76. The van der Waals surface area contributed by atoms with Crippen LogP contribution in [0.4, 0.5) is 0 Å². The molecule has 0 aromatic heterocycles. The monoisotopic (exact) mass is 524 g/mol. The van der Waals surface area contributed by atoms with E-state index in [0.29, 0.717) is 12.1 Å². The van der Waals surface area contributed by atoms with E-state index in [1.54, 1.807) is 0 Å². The van der Waals surface area contributed by atoms with Crippen LogP contribution in [0.1, 0.15) is 91.9 Å². The Morgan fingerprint density at radius 2 is 0.875 bits per heavy atom. The first kappa shape index (κ1) is 26.4. The predicted molar refractivity (Wildman–Crippen MR) is 138 cm³/mol. The van der Waals surface area contributed by atoms with Crippen molar-refractivity contribution in [1.29, 1.82) is 0 Å². The molecule has 0 bridgehead atoms. The Morgan fingerprint density at radius 1 is 0.562 bits per heavy atom. The lowest BCUT2D eigenvalue weighted by molar-refractivity contribution is 0.0483. The summed E-state index contributed by atoms with van der Waals surface area (Å²) in [5, 5.41) is 0. The average Bonchev–Trinajstić information content (AvgIpc) is 2.79. The molecule has 2 aliphatic heterocycles. The van der Waals surface area contributed by atoms with Crippen molar-refractivity contribution >= 4 is 39.0 Å². The second-order valence-electron chi connectivity index (χ2n) is 11.2. The average molecular weight is 525 g/mol. The second kappa shape index (κ2) is 12.0. The molecule has 0 aromatic rings. The summed E-state index contributed by atoms with van der Waals surface area (Å²) in [6.07, 6.45) is 12.9. The highest BCUT2D eigenvalue weighted by atomic mass is 33.1. The van der Waals surface area contributed by atoms with Crippen LogP contribution in [-0.2, 0) is 18.1 Å². The summed E-state index contributed by atoms with van der Waals surface area (Å²) in [4.78, 5) is 0. The van der Waals surface area contributed by atoms with Crippen molar-refractivity contribution in [3.8, 4) is 0 Å². The molecule has 6 nitrogen and oxygen atoms in total. The maximum Gasteiger partial charge on any atom is 0.270 e. The van der Waals surface area contributed by atoms with Crippen molar-refractivity contribution in [2.24, 2.45) is 10.8 Å². The molecule has 0 unspecified atom stereocenters. The first-order chi connectivity index (χ1) is 15.3. The van der Waals surface area contributed by atoms with Gasteiger partial charge in [0.1, 0.15) is 0 Å². The molecule has 2 saturated carbocycles. The standard InChI is InChI=1S/C22H42N2O4P2S2/c1-21(2)15-25-29(26-16-21)23(19-11-7-5-8-12-19)31-32-24(20-13-9-6-10-14-20)30-27-17-22(3,4)18-28-30/h19-20H,5-18H2,1-4H3. The SMILES string of the molecule is CC1(C)COP(N(SSN(C2CCCCC2)P2OCC(C)(C)CO2)C2CCCCC2)OC1. The van der Waals surface area contributed by atoms with Crippen LogP contribution in [-0.4, -0.2) is 46.7 Å². The molecule has 32 heavy (non-hydrogen) atoms. The van der Waals surface area contributed by atoms with E-state index >= 15 is 0 Å². The lowest BCUT2D eigenvalue weighted by Gasteiger charge is -2.44. The van der Waals surface area contributed by atoms with E-state index in [9.17, 15) is 0 Å². The molecule has 2 aliphatic carbocycles. The normalized spacial score (nSPS) is 29.1. The van der Waals surface area contributed by atoms with E-state index in [-0.39, 0.29) is 10.8 Å². The summed E-state index contributed by atoms with van der Waals surface area (Å²) in [6, 6.07) is 1.06. The molecule has 0 amide bonds. The van der Waals surface area contributed by atoms with Crippen molar-refractivity contribution in [2.45, 2.75) is 104 Å². The van der Waals surface area contributed by atoms with Crippen molar-refractivity contribution in [3.05, 3.63) is 0 Å². The van der Waals surface area contributed by atoms with Gasteiger partial charge in [-0.25, -0.2) is 0 Å². The van der Waals surface area contributed by atoms with E-state index in [2.05, 4.69) is 35.8 Å². The zero-order valence-electron chi connectivity index (χ0n) is 20.3. The smallest absolute Gasteiger partial charge is 0.270 e. The highest BCUT2D eigenvalue weighted by Crippen LogP contribution is 2.62. The Balaban J connectivity index is 1.43. The van der Waals surface area contributed by atoms with Gasteiger partial charge in [0.05, 0.1) is 26.4 Å². The van der Waals surface area contributed by atoms with Crippen molar-refractivity contribution in [3.63, 3.8) is 0 Å². The number of rotatable bonds is 7. The fraction of sp³-hybridized carbons (Fsp3) is 1.00. The molecule has 0 radical (unpaired) electrons. The molecule has 2 saturated heterocycles. The highest BCUT2D eigenvalue weighted by Gasteiger charge is 2.41. The summed E-state index contributed by atoms with van der Waals surface area (Å²) >= 11 is 0. The fourth-order valence-corrected chi connectivity index (χ4v) is 12.3. The Hall–Kier alpha value is 1.32. The van der Waals surface area contributed by atoms with Gasteiger partial charge in [0, 0.05) is 44.9 Å². The lowest BCUT2D eigenvalue weighted by Crippen LogP contribution is -2.36. The fourth-order valence-electron chi connectivity index (χ4n) is 4.42. The van der Waals surface area contributed by atoms with Gasteiger partial charge in [-0.15, -0.1) is 0 Å². The molecule has 0 atom stereocenters. The minimum absolute atomic E-state index is 0.100. The Kier molecular flexibility index (Phi) is 9.93. The van der Waals surface area contributed by atoms with Crippen LogP contribution in [0.3, 0.4) is 0 Å². The molecule has 0 N–H and O–H groups in total. The van der Waals surface area contributed by atoms with Gasteiger partial charge in [-0.05, 0) is 25.7 Å². The Morgan fingerprint density at radius 3 is 1.19 bits per heavy atom. The third-order valence-electron chi connectivity index (χ3n) is 6.54. The molecular weight excluding hydrogens is 482 g/mol. The van der Waals surface area contributed by atoms with E-state index in [1.807, 2.05) is 22.0 Å². The van der Waals surface area contributed by atoms with Crippen molar-refractivity contribution in [1.82, 2.24) is 8.15 Å². The topological polar surface area (TPSA) is 43.4 Å². The largest absolute Gasteiger partial charge is 0.321 e. The number of nitrogens with zero attached hydrogens (tertiary/aromatic N) is 2. The third kappa shape index (κ3) is 7.41. The molecule has 0 aromatic carbocycles. The zero-order chi connectivity index (χ0) is 22.6. The van der Waals surface area contributed by atoms with Gasteiger partial charge in [0.15, 0.2) is 0 Å². The quantitative estimate of drug-likeness (QED) is 0.188. The van der Waals surface area contributed by atoms with E-state index in [4.69, 9.17) is 18.1 Å². The van der Waals surface area contributed by atoms with Crippen LogP contribution in [0.2, 0.25) is 0 Å². The van der Waals surface area contributed by atoms with Crippen LogP contribution in [0, 0.1) is 10.8 Å². The van der Waals surface area contributed by atoms with Gasteiger partial charge < -0.3 is 18.1 Å². The molecular formula is C22H42N2O4P2S2. The first-order valence-electron chi connectivity index (χ1n) is 12.4. The third-order valence-corrected chi connectivity index (χ3v) is 13.3. The predicted octanol–water partition coefficient (Wildman–Crippen LogP) is 8.07. The molecule has 4 rings (SSSR count). The van der Waals surface area contributed by atoms with Gasteiger partial charge in [-0.3, -0.25) is 0 Å². The summed E-state index contributed by atoms with van der Waals surface area (Å²) < 4.78 is 30.2. The van der Waals surface area contributed by atoms with Crippen LogP contribution in [0.5, 0.6) is 0 Å². The minimum atomic E-state index is -1.02. The molecule has 186 valence electrons.